The van der Waals surface area contributed by atoms with Gasteiger partial charge < -0.3 is 10.4 Å². The van der Waals surface area contributed by atoms with Crippen molar-refractivity contribution < 1.29 is 14.3 Å². The zero-order valence-electron chi connectivity index (χ0n) is 11.4. The minimum atomic E-state index is -0.551. The first-order chi connectivity index (χ1) is 8.93. The monoisotopic (exact) mass is 285 g/mol. The number of hydrogen-bond donors (Lipinski definition) is 2. The number of nitrogens with one attached hydrogen (secondary N) is 1. The third kappa shape index (κ3) is 5.20. The predicted molar refractivity (Wildman–Crippen MR) is 76.0 cm³/mol. The lowest BCUT2D eigenvalue weighted by molar-refractivity contribution is 0.0900. The van der Waals surface area contributed by atoms with E-state index in [-0.39, 0.29) is 18.3 Å². The molecule has 1 atom stereocenters. The van der Waals surface area contributed by atoms with Crippen molar-refractivity contribution in [1.82, 2.24) is 5.32 Å². The van der Waals surface area contributed by atoms with E-state index in [0.29, 0.717) is 22.8 Å². The van der Waals surface area contributed by atoms with Gasteiger partial charge in [0.05, 0.1) is 6.10 Å². The second kappa shape index (κ2) is 7.50. The van der Waals surface area contributed by atoms with Gasteiger partial charge in [-0.25, -0.2) is 4.39 Å². The number of carbonyl (C=O) groups is 1. The minimum Gasteiger partial charge on any atom is -0.391 e. The molecule has 1 amide bonds. The van der Waals surface area contributed by atoms with Gasteiger partial charge in [0.15, 0.2) is 0 Å². The first-order valence-corrected chi connectivity index (χ1v) is 7.46. The number of hydrogen-bond acceptors (Lipinski definition) is 3. The van der Waals surface area contributed by atoms with Crippen molar-refractivity contribution >= 4 is 17.7 Å². The lowest BCUT2D eigenvalue weighted by atomic mass is 10.1. The number of amides is 1. The largest absolute Gasteiger partial charge is 0.391 e. The smallest absolute Gasteiger partial charge is 0.251 e. The van der Waals surface area contributed by atoms with Crippen LogP contribution in [0.1, 0.15) is 30.6 Å². The summed E-state index contributed by atoms with van der Waals surface area (Å²) >= 11 is 1.26. The maximum Gasteiger partial charge on any atom is 0.251 e. The van der Waals surface area contributed by atoms with Crippen molar-refractivity contribution in [2.24, 2.45) is 5.92 Å². The Labute approximate surface area is 117 Å². The first-order valence-electron chi connectivity index (χ1n) is 6.23. The molecule has 0 aliphatic carbocycles. The molecule has 0 heterocycles. The highest BCUT2D eigenvalue weighted by Gasteiger charge is 2.12. The van der Waals surface area contributed by atoms with Gasteiger partial charge in [0, 0.05) is 17.0 Å². The Bertz CT molecular complexity index is 437. The standard InChI is InChI=1S/C14H20FNO2S/c1-9(2)6-11(17)8-16-14(18)10-4-5-12(15)13(7-10)19-3/h4-5,7,9,11,17H,6,8H2,1-3H3,(H,16,18). The van der Waals surface area contributed by atoms with Crippen LogP contribution in [0.3, 0.4) is 0 Å². The molecule has 0 spiro atoms. The second-order valence-corrected chi connectivity index (χ2v) is 5.69. The fourth-order valence-electron chi connectivity index (χ4n) is 1.74. The maximum atomic E-state index is 13.3. The van der Waals surface area contributed by atoms with Gasteiger partial charge >= 0.3 is 0 Å². The van der Waals surface area contributed by atoms with E-state index in [4.69, 9.17) is 0 Å². The van der Waals surface area contributed by atoms with E-state index in [1.165, 1.54) is 30.0 Å². The Morgan fingerprint density at radius 1 is 1.47 bits per heavy atom. The molecule has 1 unspecified atom stereocenters. The summed E-state index contributed by atoms with van der Waals surface area (Å²) in [4.78, 5) is 12.3. The molecule has 1 aromatic carbocycles. The molecule has 19 heavy (non-hydrogen) atoms. The maximum absolute atomic E-state index is 13.3. The molecule has 0 radical (unpaired) electrons. The zero-order valence-corrected chi connectivity index (χ0v) is 12.3. The third-order valence-electron chi connectivity index (χ3n) is 2.66. The summed E-state index contributed by atoms with van der Waals surface area (Å²) in [5, 5.41) is 12.3. The molecule has 2 N–H and O–H groups in total. The van der Waals surface area contributed by atoms with Crippen molar-refractivity contribution in [1.29, 1.82) is 0 Å². The van der Waals surface area contributed by atoms with Crippen molar-refractivity contribution in [3.05, 3.63) is 29.6 Å². The van der Waals surface area contributed by atoms with Crippen LogP contribution in [-0.2, 0) is 0 Å². The van der Waals surface area contributed by atoms with Gasteiger partial charge in [-0.3, -0.25) is 4.79 Å². The second-order valence-electron chi connectivity index (χ2n) is 4.84. The summed E-state index contributed by atoms with van der Waals surface area (Å²) in [6.45, 7) is 4.23. The Morgan fingerprint density at radius 3 is 2.74 bits per heavy atom. The number of rotatable bonds is 6. The quantitative estimate of drug-likeness (QED) is 0.790. The Hall–Kier alpha value is -1.07. The molecule has 0 saturated heterocycles. The Kier molecular flexibility index (Phi) is 6.31. The SMILES string of the molecule is CSc1cc(C(=O)NCC(O)CC(C)C)ccc1F. The number of carbonyl (C=O) groups excluding carboxylic acids is 1. The highest BCUT2D eigenvalue weighted by Crippen LogP contribution is 2.20. The molecular weight excluding hydrogens is 265 g/mol. The van der Waals surface area contributed by atoms with Gasteiger partial charge in [0.1, 0.15) is 5.82 Å². The number of halogens is 1. The molecule has 0 fully saturated rings. The number of benzene rings is 1. The van der Waals surface area contributed by atoms with Crippen LogP contribution in [0.5, 0.6) is 0 Å². The highest BCUT2D eigenvalue weighted by molar-refractivity contribution is 7.98. The summed E-state index contributed by atoms with van der Waals surface area (Å²) < 4.78 is 13.3. The molecule has 3 nitrogen and oxygen atoms in total. The van der Waals surface area contributed by atoms with Crippen LogP contribution in [0.25, 0.3) is 0 Å². The van der Waals surface area contributed by atoms with Crippen molar-refractivity contribution in [3.8, 4) is 0 Å². The van der Waals surface area contributed by atoms with E-state index >= 15 is 0 Å². The van der Waals surface area contributed by atoms with E-state index in [9.17, 15) is 14.3 Å². The van der Waals surface area contributed by atoms with Gasteiger partial charge in [-0.05, 0) is 36.8 Å². The van der Waals surface area contributed by atoms with Gasteiger partial charge in [-0.1, -0.05) is 13.8 Å². The summed E-state index contributed by atoms with van der Waals surface area (Å²) in [7, 11) is 0. The zero-order chi connectivity index (χ0) is 14.4. The molecule has 0 aromatic heterocycles. The number of aliphatic hydroxyl groups is 1. The summed E-state index contributed by atoms with van der Waals surface area (Å²) in [5.74, 6) is -0.247. The first kappa shape index (κ1) is 16.0. The van der Waals surface area contributed by atoms with E-state index in [2.05, 4.69) is 5.32 Å². The molecular formula is C14H20FNO2S. The fraction of sp³-hybridized carbons (Fsp3) is 0.500. The van der Waals surface area contributed by atoms with Crippen molar-refractivity contribution in [2.45, 2.75) is 31.3 Å². The summed E-state index contributed by atoms with van der Waals surface area (Å²) in [6, 6.07) is 4.24. The summed E-state index contributed by atoms with van der Waals surface area (Å²) in [6.07, 6.45) is 1.84. The van der Waals surface area contributed by atoms with Crippen LogP contribution in [0.4, 0.5) is 4.39 Å². The van der Waals surface area contributed by atoms with Gasteiger partial charge in [0.25, 0.3) is 5.91 Å². The van der Waals surface area contributed by atoms with Crippen molar-refractivity contribution in [3.63, 3.8) is 0 Å². The molecule has 106 valence electrons. The molecule has 5 heteroatoms. The van der Waals surface area contributed by atoms with E-state index < -0.39 is 6.10 Å². The van der Waals surface area contributed by atoms with Crippen LogP contribution in [-0.4, -0.2) is 29.9 Å². The van der Waals surface area contributed by atoms with Gasteiger partial charge in [0.2, 0.25) is 0 Å². The lowest BCUT2D eigenvalue weighted by Crippen LogP contribution is -2.32. The van der Waals surface area contributed by atoms with Crippen molar-refractivity contribution in [2.75, 3.05) is 12.8 Å². The number of thioether (sulfide) groups is 1. The molecule has 0 saturated carbocycles. The van der Waals surface area contributed by atoms with Crippen LogP contribution < -0.4 is 5.32 Å². The van der Waals surface area contributed by atoms with Gasteiger partial charge in [-0.2, -0.15) is 0 Å². The van der Waals surface area contributed by atoms with Crippen LogP contribution >= 0.6 is 11.8 Å². The van der Waals surface area contributed by atoms with Gasteiger partial charge in [-0.15, -0.1) is 11.8 Å². The third-order valence-corrected chi connectivity index (χ3v) is 3.41. The minimum absolute atomic E-state index is 0.211. The molecule has 1 aromatic rings. The molecule has 1 rings (SSSR count). The van der Waals surface area contributed by atoms with Crippen LogP contribution in [0.2, 0.25) is 0 Å². The van der Waals surface area contributed by atoms with E-state index in [0.717, 1.165) is 0 Å². The fourth-order valence-corrected chi connectivity index (χ4v) is 2.25. The molecule has 0 bridgehead atoms. The lowest BCUT2D eigenvalue weighted by Gasteiger charge is -2.14. The Morgan fingerprint density at radius 2 is 2.16 bits per heavy atom. The predicted octanol–water partition coefficient (Wildman–Crippen LogP) is 2.68. The van der Waals surface area contributed by atoms with Crippen LogP contribution in [0, 0.1) is 11.7 Å². The average Bonchev–Trinajstić information content (AvgIpc) is 2.35. The normalized spacial score (nSPS) is 12.5. The Balaban J connectivity index is 2.58. The summed E-state index contributed by atoms with van der Waals surface area (Å²) in [5.41, 5.74) is 0.405. The van der Waals surface area contributed by atoms with Crippen LogP contribution in [0.15, 0.2) is 23.1 Å². The topological polar surface area (TPSA) is 49.3 Å². The average molecular weight is 285 g/mol. The van der Waals surface area contributed by atoms with E-state index in [1.807, 2.05) is 13.8 Å². The van der Waals surface area contributed by atoms with E-state index in [1.54, 1.807) is 6.26 Å². The number of aliphatic hydroxyl groups excluding tert-OH is 1. The molecule has 0 aliphatic heterocycles. The molecule has 0 aliphatic rings. The highest BCUT2D eigenvalue weighted by atomic mass is 32.2.